The summed E-state index contributed by atoms with van der Waals surface area (Å²) in [6, 6.07) is 6.61. The maximum absolute atomic E-state index is 11.3. The molecule has 110 valence electrons. The second kappa shape index (κ2) is 8.60. The highest BCUT2D eigenvalue weighted by Crippen LogP contribution is 2.14. The third kappa shape index (κ3) is 5.63. The molecule has 4 N–H and O–H groups in total. The van der Waals surface area contributed by atoms with Gasteiger partial charge < -0.3 is 16.2 Å². The van der Waals surface area contributed by atoms with Crippen LogP contribution in [0.25, 0.3) is 0 Å². The van der Waals surface area contributed by atoms with Crippen LogP contribution in [-0.2, 0) is 15.3 Å². The van der Waals surface area contributed by atoms with E-state index in [1.807, 2.05) is 12.1 Å². The Morgan fingerprint density at radius 3 is 2.50 bits per heavy atom. The van der Waals surface area contributed by atoms with Crippen LogP contribution in [0.15, 0.2) is 24.3 Å². The number of nitrogens with two attached hydrogens (primary N) is 2. The topological polar surface area (TPSA) is 95.4 Å². The second-order valence-electron chi connectivity index (χ2n) is 4.26. The van der Waals surface area contributed by atoms with Crippen molar-refractivity contribution in [2.75, 3.05) is 12.4 Å². The standard InChI is InChI=1S/C14H20N2O3S/c1-2-19-14(18)12(15)7-8-20-9-10-3-5-11(6-4-10)13(16)17/h3-6,12H,2,7-9,15H2,1H3,(H2,16,17). The van der Waals surface area contributed by atoms with Gasteiger partial charge in [-0.3, -0.25) is 9.59 Å². The number of carbonyl (C=O) groups is 2. The predicted octanol–water partition coefficient (Wildman–Crippen LogP) is 1.30. The van der Waals surface area contributed by atoms with Gasteiger partial charge in [0.2, 0.25) is 5.91 Å². The largest absolute Gasteiger partial charge is 0.465 e. The van der Waals surface area contributed by atoms with Gasteiger partial charge in [-0.1, -0.05) is 12.1 Å². The minimum absolute atomic E-state index is 0.348. The molecule has 1 unspecified atom stereocenters. The van der Waals surface area contributed by atoms with Gasteiger partial charge in [-0.25, -0.2) is 0 Å². The minimum atomic E-state index is -0.556. The Labute approximate surface area is 123 Å². The molecule has 1 atom stereocenters. The summed E-state index contributed by atoms with van der Waals surface area (Å²) in [7, 11) is 0. The number of primary amides is 1. The van der Waals surface area contributed by atoms with Crippen molar-refractivity contribution >= 4 is 23.6 Å². The Bertz CT molecular complexity index is 448. The zero-order valence-corrected chi connectivity index (χ0v) is 12.3. The summed E-state index contributed by atoms with van der Waals surface area (Å²) in [5, 5.41) is 0. The Balaban J connectivity index is 2.27. The van der Waals surface area contributed by atoms with Crippen LogP contribution in [0.2, 0.25) is 0 Å². The number of rotatable bonds is 8. The van der Waals surface area contributed by atoms with Crippen LogP contribution in [0.5, 0.6) is 0 Å². The molecule has 1 rings (SSSR count). The van der Waals surface area contributed by atoms with E-state index < -0.39 is 11.9 Å². The molecule has 0 saturated carbocycles. The predicted molar refractivity (Wildman–Crippen MR) is 80.3 cm³/mol. The van der Waals surface area contributed by atoms with Gasteiger partial charge in [0.05, 0.1) is 6.61 Å². The van der Waals surface area contributed by atoms with Crippen LogP contribution < -0.4 is 11.5 Å². The van der Waals surface area contributed by atoms with Crippen molar-refractivity contribution in [3.05, 3.63) is 35.4 Å². The van der Waals surface area contributed by atoms with Gasteiger partial charge in [0.25, 0.3) is 0 Å². The van der Waals surface area contributed by atoms with Crippen LogP contribution in [0, 0.1) is 0 Å². The number of benzene rings is 1. The van der Waals surface area contributed by atoms with Crippen LogP contribution in [-0.4, -0.2) is 30.3 Å². The van der Waals surface area contributed by atoms with Crippen LogP contribution in [0.1, 0.15) is 29.3 Å². The maximum atomic E-state index is 11.3. The number of amides is 1. The summed E-state index contributed by atoms with van der Waals surface area (Å²) in [5.74, 6) is 0.801. The molecule has 0 saturated heterocycles. The molecule has 1 amide bonds. The molecule has 0 radical (unpaired) electrons. The van der Waals surface area contributed by atoms with Gasteiger partial charge in [0, 0.05) is 11.3 Å². The molecular formula is C14H20N2O3S. The molecule has 0 fully saturated rings. The molecule has 0 aromatic heterocycles. The lowest BCUT2D eigenvalue weighted by atomic mass is 10.1. The van der Waals surface area contributed by atoms with Crippen molar-refractivity contribution in [2.45, 2.75) is 25.1 Å². The quantitative estimate of drug-likeness (QED) is 0.557. The first-order valence-corrected chi connectivity index (χ1v) is 7.58. The molecule has 0 spiro atoms. The molecule has 0 aliphatic carbocycles. The van der Waals surface area contributed by atoms with E-state index in [1.54, 1.807) is 30.8 Å². The van der Waals surface area contributed by atoms with E-state index in [0.29, 0.717) is 18.6 Å². The summed E-state index contributed by atoms with van der Waals surface area (Å²) in [5.41, 5.74) is 12.5. The highest BCUT2D eigenvalue weighted by molar-refractivity contribution is 7.98. The highest BCUT2D eigenvalue weighted by atomic mass is 32.2. The van der Waals surface area contributed by atoms with E-state index in [1.165, 1.54) is 0 Å². The first kappa shape index (κ1) is 16.5. The van der Waals surface area contributed by atoms with Crippen molar-refractivity contribution in [1.29, 1.82) is 0 Å². The SMILES string of the molecule is CCOC(=O)C(N)CCSCc1ccc(C(N)=O)cc1. The van der Waals surface area contributed by atoms with E-state index >= 15 is 0 Å². The third-order valence-electron chi connectivity index (χ3n) is 2.67. The lowest BCUT2D eigenvalue weighted by Crippen LogP contribution is -2.32. The Kier molecular flexibility index (Phi) is 7.11. The summed E-state index contributed by atoms with van der Waals surface area (Å²) in [4.78, 5) is 22.2. The molecular weight excluding hydrogens is 276 g/mol. The lowest BCUT2D eigenvalue weighted by Gasteiger charge is -2.10. The Hall–Kier alpha value is -1.53. The molecule has 20 heavy (non-hydrogen) atoms. The first-order valence-electron chi connectivity index (χ1n) is 6.43. The zero-order chi connectivity index (χ0) is 15.0. The van der Waals surface area contributed by atoms with Crippen LogP contribution >= 0.6 is 11.8 Å². The van der Waals surface area contributed by atoms with Crippen molar-refractivity contribution in [2.24, 2.45) is 11.5 Å². The minimum Gasteiger partial charge on any atom is -0.465 e. The van der Waals surface area contributed by atoms with Gasteiger partial charge in [-0.2, -0.15) is 11.8 Å². The van der Waals surface area contributed by atoms with E-state index in [-0.39, 0.29) is 5.97 Å². The van der Waals surface area contributed by atoms with Crippen LogP contribution in [0.4, 0.5) is 0 Å². The molecule has 0 bridgehead atoms. The molecule has 5 nitrogen and oxygen atoms in total. The molecule has 0 aliphatic rings. The van der Waals surface area contributed by atoms with Gasteiger partial charge in [-0.15, -0.1) is 0 Å². The highest BCUT2D eigenvalue weighted by Gasteiger charge is 2.13. The fourth-order valence-electron chi connectivity index (χ4n) is 1.53. The van der Waals surface area contributed by atoms with Crippen molar-refractivity contribution in [3.8, 4) is 0 Å². The van der Waals surface area contributed by atoms with E-state index in [2.05, 4.69) is 0 Å². The van der Waals surface area contributed by atoms with Gasteiger partial charge >= 0.3 is 5.97 Å². The van der Waals surface area contributed by atoms with Gasteiger partial charge in [0.1, 0.15) is 6.04 Å². The van der Waals surface area contributed by atoms with E-state index in [9.17, 15) is 9.59 Å². The fourth-order valence-corrected chi connectivity index (χ4v) is 2.53. The summed E-state index contributed by atoms with van der Waals surface area (Å²) >= 11 is 1.68. The number of carbonyl (C=O) groups excluding carboxylic acids is 2. The second-order valence-corrected chi connectivity index (χ2v) is 5.37. The van der Waals surface area contributed by atoms with Crippen molar-refractivity contribution in [1.82, 2.24) is 0 Å². The molecule has 6 heteroatoms. The van der Waals surface area contributed by atoms with E-state index in [0.717, 1.165) is 17.1 Å². The molecule has 0 aliphatic heterocycles. The summed E-state index contributed by atoms with van der Waals surface area (Å²) < 4.78 is 4.84. The summed E-state index contributed by atoms with van der Waals surface area (Å²) in [6.45, 7) is 2.11. The average Bonchev–Trinajstić information content (AvgIpc) is 2.44. The number of esters is 1. The number of hydrogen-bond acceptors (Lipinski definition) is 5. The maximum Gasteiger partial charge on any atom is 0.322 e. The smallest absolute Gasteiger partial charge is 0.322 e. The van der Waals surface area contributed by atoms with Crippen molar-refractivity contribution in [3.63, 3.8) is 0 Å². The zero-order valence-electron chi connectivity index (χ0n) is 11.5. The average molecular weight is 296 g/mol. The first-order chi connectivity index (χ1) is 9.54. The number of hydrogen-bond donors (Lipinski definition) is 2. The molecule has 1 aromatic rings. The monoisotopic (exact) mass is 296 g/mol. The van der Waals surface area contributed by atoms with E-state index in [4.69, 9.17) is 16.2 Å². The molecule has 0 heterocycles. The van der Waals surface area contributed by atoms with Gasteiger partial charge in [-0.05, 0) is 36.8 Å². The van der Waals surface area contributed by atoms with Gasteiger partial charge in [0.15, 0.2) is 0 Å². The van der Waals surface area contributed by atoms with Crippen LogP contribution in [0.3, 0.4) is 0 Å². The van der Waals surface area contributed by atoms with Crippen molar-refractivity contribution < 1.29 is 14.3 Å². The Morgan fingerprint density at radius 1 is 1.30 bits per heavy atom. The molecule has 1 aromatic carbocycles. The third-order valence-corrected chi connectivity index (χ3v) is 3.73. The summed E-state index contributed by atoms with van der Waals surface area (Å²) in [6.07, 6.45) is 0.586. The lowest BCUT2D eigenvalue weighted by molar-refractivity contribution is -0.144. The number of thioether (sulfide) groups is 1. The fraction of sp³-hybridized carbons (Fsp3) is 0.429. The number of ether oxygens (including phenoxy) is 1. The normalized spacial score (nSPS) is 11.9. The Morgan fingerprint density at radius 2 is 1.95 bits per heavy atom.